The molecule has 6 nitrogen and oxygen atoms in total. The Morgan fingerprint density at radius 2 is 1.90 bits per heavy atom. The quantitative estimate of drug-likeness (QED) is 0.381. The number of thiocarbonyl (C=S) groups is 1. The molecule has 3 N–H and O–H groups in total. The Hall–Kier alpha value is -2.46. The van der Waals surface area contributed by atoms with E-state index in [-0.39, 0.29) is 11.0 Å². The highest BCUT2D eigenvalue weighted by atomic mass is 79.9. The van der Waals surface area contributed by atoms with Crippen LogP contribution in [0, 0.1) is 0 Å². The zero-order valence-corrected chi connectivity index (χ0v) is 19.5. The molecule has 0 unspecified atom stereocenters. The van der Waals surface area contributed by atoms with E-state index in [1.807, 2.05) is 5.38 Å². The minimum absolute atomic E-state index is 0.0912. The summed E-state index contributed by atoms with van der Waals surface area (Å²) >= 11 is 15.9. The number of thiophene rings is 1. The first-order chi connectivity index (χ1) is 14.4. The monoisotopic (exact) mass is 523 g/mol. The van der Waals surface area contributed by atoms with Crippen LogP contribution in [0.1, 0.15) is 20.0 Å². The molecule has 154 valence electrons. The fourth-order valence-electron chi connectivity index (χ4n) is 2.47. The molecule has 30 heavy (non-hydrogen) atoms. The number of ether oxygens (including phenoxy) is 1. The van der Waals surface area contributed by atoms with Crippen LogP contribution >= 0.6 is 51.1 Å². The van der Waals surface area contributed by atoms with Crippen molar-refractivity contribution in [2.75, 3.05) is 17.7 Å². The Morgan fingerprint density at radius 1 is 1.10 bits per heavy atom. The van der Waals surface area contributed by atoms with Crippen LogP contribution in [0.2, 0.25) is 5.02 Å². The average Bonchev–Trinajstić information content (AvgIpc) is 3.25. The number of carbonyl (C=O) groups excluding carboxylic acids is 2. The zero-order chi connectivity index (χ0) is 21.7. The van der Waals surface area contributed by atoms with Crippen molar-refractivity contribution < 1.29 is 14.3 Å². The van der Waals surface area contributed by atoms with Crippen LogP contribution in [0.3, 0.4) is 0 Å². The normalized spacial score (nSPS) is 10.2. The predicted molar refractivity (Wildman–Crippen MR) is 128 cm³/mol. The van der Waals surface area contributed by atoms with E-state index in [1.165, 1.54) is 18.4 Å². The second kappa shape index (κ2) is 10.0. The molecule has 10 heteroatoms. The first-order valence-corrected chi connectivity index (χ1v) is 10.9. The number of carbonyl (C=O) groups is 2. The molecular weight excluding hydrogens is 510 g/mol. The van der Waals surface area contributed by atoms with Gasteiger partial charge >= 0.3 is 0 Å². The molecule has 0 saturated heterocycles. The molecule has 2 amide bonds. The van der Waals surface area contributed by atoms with Crippen LogP contribution in [0.25, 0.3) is 0 Å². The van der Waals surface area contributed by atoms with E-state index in [0.717, 1.165) is 4.47 Å². The van der Waals surface area contributed by atoms with Gasteiger partial charge in [-0.15, -0.1) is 11.3 Å². The largest absolute Gasteiger partial charge is 0.494 e. The van der Waals surface area contributed by atoms with Gasteiger partial charge in [0.15, 0.2) is 5.11 Å². The van der Waals surface area contributed by atoms with Gasteiger partial charge in [-0.3, -0.25) is 14.9 Å². The van der Waals surface area contributed by atoms with E-state index >= 15 is 0 Å². The Morgan fingerprint density at radius 3 is 2.60 bits per heavy atom. The Balaban J connectivity index is 1.67. The van der Waals surface area contributed by atoms with Crippen LogP contribution < -0.4 is 20.7 Å². The van der Waals surface area contributed by atoms with E-state index in [0.29, 0.717) is 32.6 Å². The van der Waals surface area contributed by atoms with E-state index in [2.05, 4.69) is 31.9 Å². The number of amides is 2. The fraction of sp³-hybridized carbons (Fsp3) is 0.0500. The van der Waals surface area contributed by atoms with Gasteiger partial charge in [0, 0.05) is 16.2 Å². The second-order valence-electron chi connectivity index (χ2n) is 5.88. The topological polar surface area (TPSA) is 79.5 Å². The molecule has 0 aliphatic heterocycles. The molecule has 1 heterocycles. The standard InChI is InChI=1S/C20H15BrClN3O3S2/c1-28-16-10-12(5-7-15(16)24-19(27)17-3-2-8-30-17)23-20(29)25-18(26)13-9-11(21)4-6-14(13)22/h2-10H,1H3,(H,24,27)(H2,23,25,26,29). The zero-order valence-electron chi connectivity index (χ0n) is 15.5. The number of rotatable bonds is 5. The third kappa shape index (κ3) is 5.57. The van der Waals surface area contributed by atoms with Crippen LogP contribution in [-0.4, -0.2) is 24.0 Å². The summed E-state index contributed by atoms with van der Waals surface area (Å²) in [6, 6.07) is 13.6. The van der Waals surface area contributed by atoms with Crippen molar-refractivity contribution in [2.45, 2.75) is 0 Å². The van der Waals surface area contributed by atoms with Crippen molar-refractivity contribution in [3.8, 4) is 5.75 Å². The molecule has 0 radical (unpaired) electrons. The summed E-state index contributed by atoms with van der Waals surface area (Å²) in [7, 11) is 1.50. The molecule has 0 bridgehead atoms. The molecule has 0 fully saturated rings. The van der Waals surface area contributed by atoms with Gasteiger partial charge < -0.3 is 15.4 Å². The van der Waals surface area contributed by atoms with Crippen molar-refractivity contribution in [1.82, 2.24) is 5.32 Å². The van der Waals surface area contributed by atoms with E-state index in [1.54, 1.807) is 48.5 Å². The first kappa shape index (κ1) is 22.2. The molecular formula is C20H15BrClN3O3S2. The molecule has 0 spiro atoms. The number of anilines is 2. The van der Waals surface area contributed by atoms with Gasteiger partial charge in [0.1, 0.15) is 5.75 Å². The van der Waals surface area contributed by atoms with Gasteiger partial charge in [-0.25, -0.2) is 0 Å². The van der Waals surface area contributed by atoms with Crippen LogP contribution in [-0.2, 0) is 0 Å². The Bertz CT molecular complexity index is 1110. The number of benzene rings is 2. The van der Waals surface area contributed by atoms with E-state index in [9.17, 15) is 9.59 Å². The minimum Gasteiger partial charge on any atom is -0.494 e. The molecule has 1 aromatic heterocycles. The van der Waals surface area contributed by atoms with Crippen molar-refractivity contribution in [2.24, 2.45) is 0 Å². The maximum absolute atomic E-state index is 12.4. The number of methoxy groups -OCH3 is 1. The molecule has 3 aromatic rings. The highest BCUT2D eigenvalue weighted by Gasteiger charge is 2.14. The Kier molecular flexibility index (Phi) is 7.43. The molecule has 0 aliphatic rings. The second-order valence-corrected chi connectivity index (χ2v) is 8.56. The summed E-state index contributed by atoms with van der Waals surface area (Å²) in [5.74, 6) is -0.225. The van der Waals surface area contributed by atoms with Gasteiger partial charge in [-0.2, -0.15) is 0 Å². The fourth-order valence-corrected chi connectivity index (χ4v) is 3.86. The smallest absolute Gasteiger partial charge is 0.265 e. The predicted octanol–water partition coefficient (Wildman–Crippen LogP) is 5.55. The molecule has 0 saturated carbocycles. The van der Waals surface area contributed by atoms with Crippen molar-refractivity contribution >= 4 is 79.4 Å². The lowest BCUT2D eigenvalue weighted by Crippen LogP contribution is -2.34. The number of hydrogen-bond acceptors (Lipinski definition) is 5. The summed E-state index contributed by atoms with van der Waals surface area (Å²) < 4.78 is 6.08. The van der Waals surface area contributed by atoms with Gasteiger partial charge in [0.25, 0.3) is 11.8 Å². The SMILES string of the molecule is COc1cc(NC(=S)NC(=O)c2cc(Br)ccc2Cl)ccc1NC(=O)c1cccs1. The van der Waals surface area contributed by atoms with Gasteiger partial charge in [0.05, 0.1) is 28.3 Å². The minimum atomic E-state index is -0.439. The highest BCUT2D eigenvalue weighted by molar-refractivity contribution is 9.10. The van der Waals surface area contributed by atoms with E-state index in [4.69, 9.17) is 28.6 Å². The lowest BCUT2D eigenvalue weighted by atomic mass is 10.2. The summed E-state index contributed by atoms with van der Waals surface area (Å²) in [5, 5.41) is 10.5. The maximum atomic E-state index is 12.4. The van der Waals surface area contributed by atoms with Gasteiger partial charge in [-0.05, 0) is 54.0 Å². The Labute approximate surface area is 195 Å². The lowest BCUT2D eigenvalue weighted by Gasteiger charge is -2.14. The van der Waals surface area contributed by atoms with Crippen LogP contribution in [0.5, 0.6) is 5.75 Å². The van der Waals surface area contributed by atoms with Gasteiger partial charge in [-0.1, -0.05) is 33.6 Å². The highest BCUT2D eigenvalue weighted by Crippen LogP contribution is 2.29. The third-order valence-corrected chi connectivity index (χ3v) is 5.75. The first-order valence-electron chi connectivity index (χ1n) is 8.47. The molecule has 0 atom stereocenters. The maximum Gasteiger partial charge on any atom is 0.265 e. The number of halogens is 2. The molecule has 3 rings (SSSR count). The third-order valence-electron chi connectivity index (χ3n) is 3.85. The van der Waals surface area contributed by atoms with E-state index < -0.39 is 5.91 Å². The summed E-state index contributed by atoms with van der Waals surface area (Å²) in [6.07, 6.45) is 0. The van der Waals surface area contributed by atoms with Crippen molar-refractivity contribution in [1.29, 1.82) is 0 Å². The van der Waals surface area contributed by atoms with Crippen LogP contribution in [0.4, 0.5) is 11.4 Å². The average molecular weight is 525 g/mol. The molecule has 0 aliphatic carbocycles. The number of hydrogen-bond donors (Lipinski definition) is 3. The summed E-state index contributed by atoms with van der Waals surface area (Å²) in [5.41, 5.74) is 1.38. The van der Waals surface area contributed by atoms with Crippen LogP contribution in [0.15, 0.2) is 58.4 Å². The molecule has 2 aromatic carbocycles. The van der Waals surface area contributed by atoms with Gasteiger partial charge in [0.2, 0.25) is 0 Å². The summed E-state index contributed by atoms with van der Waals surface area (Å²) in [4.78, 5) is 25.3. The number of nitrogens with one attached hydrogen (secondary N) is 3. The lowest BCUT2D eigenvalue weighted by molar-refractivity contribution is 0.0976. The van der Waals surface area contributed by atoms with Crippen molar-refractivity contribution in [3.63, 3.8) is 0 Å². The summed E-state index contributed by atoms with van der Waals surface area (Å²) in [6.45, 7) is 0. The van der Waals surface area contributed by atoms with Crippen molar-refractivity contribution in [3.05, 3.63) is 73.8 Å².